The predicted molar refractivity (Wildman–Crippen MR) is 118 cm³/mol. The number of carbonyl (C=O) groups excluding carboxylic acids is 1. The summed E-state index contributed by atoms with van der Waals surface area (Å²) in [5, 5.41) is 2.59. The van der Waals surface area contributed by atoms with E-state index in [1.54, 1.807) is 19.1 Å². The Bertz CT molecular complexity index is 1230. The largest absolute Gasteiger partial charge is 0.486 e. The van der Waals surface area contributed by atoms with E-state index in [-0.39, 0.29) is 22.8 Å². The summed E-state index contributed by atoms with van der Waals surface area (Å²) in [7, 11) is -4.67. The van der Waals surface area contributed by atoms with E-state index in [1.807, 2.05) is 0 Å². The van der Waals surface area contributed by atoms with E-state index in [0.29, 0.717) is 36.0 Å². The quantitative estimate of drug-likeness (QED) is 0.579. The van der Waals surface area contributed by atoms with Crippen molar-refractivity contribution in [3.63, 3.8) is 0 Å². The lowest BCUT2D eigenvalue weighted by Crippen LogP contribution is -2.28. The zero-order valence-electron chi connectivity index (χ0n) is 17.9. The maximum Gasteiger partial charge on any atom is 0.242 e. The number of benzene rings is 2. The molecule has 1 heterocycles. The van der Waals surface area contributed by atoms with Gasteiger partial charge in [-0.25, -0.2) is 25.9 Å². The van der Waals surface area contributed by atoms with Crippen LogP contribution in [0.3, 0.4) is 0 Å². The second-order valence-corrected chi connectivity index (χ2v) is 11.2. The van der Waals surface area contributed by atoms with E-state index in [2.05, 4.69) is 10.0 Å². The predicted octanol–water partition coefficient (Wildman–Crippen LogP) is 1.32. The van der Waals surface area contributed by atoms with Gasteiger partial charge in [-0.2, -0.15) is 0 Å². The Morgan fingerprint density at radius 3 is 2.38 bits per heavy atom. The number of aryl methyl sites for hydroxylation is 1. The maximum atomic E-state index is 12.5. The molecule has 10 nitrogen and oxygen atoms in total. The van der Waals surface area contributed by atoms with Crippen molar-refractivity contribution in [1.29, 1.82) is 0 Å². The minimum atomic E-state index is -3.85. The molecule has 32 heavy (non-hydrogen) atoms. The van der Waals surface area contributed by atoms with E-state index in [0.717, 1.165) is 4.31 Å². The molecule has 0 saturated heterocycles. The standard InChI is InChI=1S/C20H25N3O7S2/c1-14-4-5-15(12-19(14)32(27,28)23(2)3)22-20(24)8-9-21-31(25,26)16-6-7-17-18(13-16)30-11-10-29-17/h4-7,12-13,21H,8-11H2,1-3H3,(H,22,24). The summed E-state index contributed by atoms with van der Waals surface area (Å²) in [4.78, 5) is 12.3. The molecule has 0 unspecified atom stereocenters. The summed E-state index contributed by atoms with van der Waals surface area (Å²) in [6, 6.07) is 8.84. The number of rotatable bonds is 8. The molecule has 12 heteroatoms. The molecule has 0 saturated carbocycles. The Morgan fingerprint density at radius 2 is 1.69 bits per heavy atom. The fourth-order valence-corrected chi connectivity index (χ4v) is 5.14. The molecule has 0 bridgehead atoms. The molecule has 1 aliphatic rings. The highest BCUT2D eigenvalue weighted by Crippen LogP contribution is 2.32. The number of carbonyl (C=O) groups is 1. The molecule has 1 amide bonds. The van der Waals surface area contributed by atoms with Gasteiger partial charge < -0.3 is 14.8 Å². The van der Waals surface area contributed by atoms with Crippen molar-refractivity contribution in [3.8, 4) is 11.5 Å². The summed E-state index contributed by atoms with van der Waals surface area (Å²) in [6.07, 6.45) is -0.145. The van der Waals surface area contributed by atoms with Crippen LogP contribution in [-0.2, 0) is 24.8 Å². The first-order valence-electron chi connectivity index (χ1n) is 9.73. The van der Waals surface area contributed by atoms with E-state index >= 15 is 0 Å². The third-order valence-corrected chi connectivity index (χ3v) is 8.11. The van der Waals surface area contributed by atoms with Gasteiger partial charge in [-0.3, -0.25) is 4.79 Å². The highest BCUT2D eigenvalue weighted by Gasteiger charge is 2.21. The number of anilines is 1. The number of nitrogens with one attached hydrogen (secondary N) is 2. The minimum absolute atomic E-state index is 0.000716. The first-order chi connectivity index (χ1) is 15.0. The summed E-state index contributed by atoms with van der Waals surface area (Å²) < 4.78 is 64.1. The molecular formula is C20H25N3O7S2. The maximum absolute atomic E-state index is 12.5. The van der Waals surface area contributed by atoms with Crippen LogP contribution >= 0.6 is 0 Å². The summed E-state index contributed by atoms with van der Waals surface area (Å²) in [5.74, 6) is 0.356. The monoisotopic (exact) mass is 483 g/mol. The van der Waals surface area contributed by atoms with Gasteiger partial charge in [0.1, 0.15) is 13.2 Å². The van der Waals surface area contributed by atoms with Crippen LogP contribution in [0.1, 0.15) is 12.0 Å². The Balaban J connectivity index is 1.61. The van der Waals surface area contributed by atoms with Gasteiger partial charge in [-0.15, -0.1) is 0 Å². The van der Waals surface area contributed by atoms with Gasteiger partial charge in [0, 0.05) is 38.8 Å². The van der Waals surface area contributed by atoms with Gasteiger partial charge in [0.05, 0.1) is 9.79 Å². The number of ether oxygens (including phenoxy) is 2. The lowest BCUT2D eigenvalue weighted by molar-refractivity contribution is -0.116. The molecule has 174 valence electrons. The normalized spacial score (nSPS) is 13.8. The van der Waals surface area contributed by atoms with Crippen molar-refractivity contribution in [3.05, 3.63) is 42.0 Å². The molecule has 0 spiro atoms. The fourth-order valence-electron chi connectivity index (χ4n) is 2.95. The molecule has 3 rings (SSSR count). The van der Waals surface area contributed by atoms with Gasteiger partial charge in [-0.05, 0) is 36.8 Å². The number of hydrogen-bond donors (Lipinski definition) is 2. The van der Waals surface area contributed by atoms with Crippen molar-refractivity contribution in [2.75, 3.05) is 39.2 Å². The topological polar surface area (TPSA) is 131 Å². The smallest absolute Gasteiger partial charge is 0.242 e. The van der Waals surface area contributed by atoms with Crippen molar-refractivity contribution in [2.45, 2.75) is 23.1 Å². The lowest BCUT2D eigenvalue weighted by Gasteiger charge is -2.19. The SMILES string of the molecule is Cc1ccc(NC(=O)CCNS(=O)(=O)c2ccc3c(c2)OCCO3)cc1S(=O)(=O)N(C)C. The molecule has 2 aromatic carbocycles. The Kier molecular flexibility index (Phi) is 7.08. The Hall–Kier alpha value is -2.67. The van der Waals surface area contributed by atoms with Gasteiger partial charge in [0.15, 0.2) is 11.5 Å². The molecule has 2 aromatic rings. The third kappa shape index (κ3) is 5.38. The van der Waals surface area contributed by atoms with Crippen molar-refractivity contribution in [2.24, 2.45) is 0 Å². The van der Waals surface area contributed by atoms with Crippen LogP contribution in [0.5, 0.6) is 11.5 Å². The van der Waals surface area contributed by atoms with Gasteiger partial charge in [0.2, 0.25) is 26.0 Å². The van der Waals surface area contributed by atoms with Crippen molar-refractivity contribution < 1.29 is 31.1 Å². The molecule has 2 N–H and O–H groups in total. The van der Waals surface area contributed by atoms with Crippen LogP contribution in [0.2, 0.25) is 0 Å². The third-order valence-electron chi connectivity index (χ3n) is 4.70. The summed E-state index contributed by atoms with van der Waals surface area (Å²) in [5.41, 5.74) is 0.847. The zero-order valence-corrected chi connectivity index (χ0v) is 19.5. The molecular weight excluding hydrogens is 458 g/mol. The second kappa shape index (κ2) is 9.45. The first-order valence-corrected chi connectivity index (χ1v) is 12.7. The molecule has 0 fully saturated rings. The Morgan fingerprint density at radius 1 is 1.00 bits per heavy atom. The lowest BCUT2D eigenvalue weighted by atomic mass is 10.2. The van der Waals surface area contributed by atoms with Crippen LogP contribution in [-0.4, -0.2) is 60.9 Å². The van der Waals surface area contributed by atoms with Crippen LogP contribution in [0.15, 0.2) is 46.2 Å². The van der Waals surface area contributed by atoms with Crippen LogP contribution in [0.4, 0.5) is 5.69 Å². The molecule has 0 aromatic heterocycles. The van der Waals surface area contributed by atoms with E-state index < -0.39 is 26.0 Å². The van der Waals surface area contributed by atoms with Crippen molar-refractivity contribution in [1.82, 2.24) is 9.03 Å². The van der Waals surface area contributed by atoms with Gasteiger partial charge >= 0.3 is 0 Å². The van der Waals surface area contributed by atoms with Gasteiger partial charge in [0.25, 0.3) is 0 Å². The fraction of sp³-hybridized carbons (Fsp3) is 0.350. The number of nitrogens with zero attached hydrogens (tertiary/aromatic N) is 1. The molecule has 0 radical (unpaired) electrons. The average Bonchev–Trinajstić information content (AvgIpc) is 2.74. The number of sulfonamides is 2. The first kappa shape index (κ1) is 24.0. The summed E-state index contributed by atoms with van der Waals surface area (Å²) >= 11 is 0. The molecule has 0 atom stereocenters. The molecule has 0 aliphatic carbocycles. The zero-order chi connectivity index (χ0) is 23.5. The second-order valence-electron chi connectivity index (χ2n) is 7.27. The number of fused-ring (bicyclic) bond motifs is 1. The number of hydrogen-bond acceptors (Lipinski definition) is 7. The van der Waals surface area contributed by atoms with Gasteiger partial charge in [-0.1, -0.05) is 6.07 Å². The van der Waals surface area contributed by atoms with E-state index in [9.17, 15) is 21.6 Å². The summed E-state index contributed by atoms with van der Waals surface area (Å²) in [6.45, 7) is 2.25. The molecule has 1 aliphatic heterocycles. The highest BCUT2D eigenvalue weighted by molar-refractivity contribution is 7.89. The van der Waals surface area contributed by atoms with Crippen LogP contribution in [0.25, 0.3) is 0 Å². The number of amides is 1. The average molecular weight is 484 g/mol. The minimum Gasteiger partial charge on any atom is -0.486 e. The van der Waals surface area contributed by atoms with Crippen molar-refractivity contribution >= 4 is 31.6 Å². The Labute approximate surface area is 187 Å². The highest BCUT2D eigenvalue weighted by atomic mass is 32.2. The van der Waals surface area contributed by atoms with Crippen LogP contribution in [0, 0.1) is 6.92 Å². The van der Waals surface area contributed by atoms with Crippen LogP contribution < -0.4 is 19.5 Å². The van der Waals surface area contributed by atoms with E-state index in [4.69, 9.17) is 9.47 Å². The van der Waals surface area contributed by atoms with E-state index in [1.165, 1.54) is 38.4 Å².